The van der Waals surface area contributed by atoms with Crippen LogP contribution in [0.15, 0.2) is 42.5 Å². The molecule has 1 saturated heterocycles. The molecule has 1 spiro atoms. The molecule has 1 aliphatic carbocycles. The SMILES string of the molecule is COc1ccc2c3c(n(C)c2c1)[C@H](CO)N(C(=O)Nc1ccc(F)cc1)CC31CCN(C(=O)CC2CC2)CC1. The van der Waals surface area contributed by atoms with Crippen molar-refractivity contribution in [1.29, 1.82) is 0 Å². The Hall–Kier alpha value is -3.59. The summed E-state index contributed by atoms with van der Waals surface area (Å²) in [6, 6.07) is 10.8. The molecule has 0 bridgehead atoms. The van der Waals surface area contributed by atoms with Gasteiger partial charge in [0.15, 0.2) is 0 Å². The molecule has 1 atom stereocenters. The van der Waals surface area contributed by atoms with Gasteiger partial charge in [0.05, 0.1) is 25.3 Å². The van der Waals surface area contributed by atoms with E-state index in [4.69, 9.17) is 4.74 Å². The van der Waals surface area contributed by atoms with Gasteiger partial charge in [0.25, 0.3) is 0 Å². The number of nitrogens with one attached hydrogen (secondary N) is 1. The van der Waals surface area contributed by atoms with Gasteiger partial charge in [-0.25, -0.2) is 9.18 Å². The number of ether oxygens (including phenoxy) is 1. The van der Waals surface area contributed by atoms with Crippen LogP contribution in [-0.4, -0.2) is 64.8 Å². The van der Waals surface area contributed by atoms with Crippen molar-refractivity contribution in [1.82, 2.24) is 14.4 Å². The smallest absolute Gasteiger partial charge is 0.322 e. The van der Waals surface area contributed by atoms with E-state index in [1.807, 2.05) is 24.1 Å². The molecule has 3 aliphatic rings. The van der Waals surface area contributed by atoms with Crippen molar-refractivity contribution in [2.75, 3.05) is 38.7 Å². The Labute approximate surface area is 227 Å². The maximum Gasteiger partial charge on any atom is 0.322 e. The predicted octanol–water partition coefficient (Wildman–Crippen LogP) is 4.57. The number of methoxy groups -OCH3 is 1. The van der Waals surface area contributed by atoms with Gasteiger partial charge in [0.2, 0.25) is 5.91 Å². The molecule has 3 amide bonds. The molecule has 206 valence electrons. The number of piperidine rings is 1. The summed E-state index contributed by atoms with van der Waals surface area (Å²) in [5.41, 5.74) is 3.14. The third-order valence-corrected chi connectivity index (χ3v) is 8.91. The summed E-state index contributed by atoms with van der Waals surface area (Å²) in [6.07, 6.45) is 4.37. The van der Waals surface area contributed by atoms with E-state index >= 15 is 0 Å². The minimum absolute atomic E-state index is 0.227. The number of likely N-dealkylation sites (tertiary alicyclic amines) is 1. The summed E-state index contributed by atoms with van der Waals surface area (Å²) in [5, 5.41) is 14.6. The first kappa shape index (κ1) is 25.7. The minimum atomic E-state index is -0.566. The van der Waals surface area contributed by atoms with E-state index in [1.54, 1.807) is 12.0 Å². The molecular weight excluding hydrogens is 499 g/mol. The van der Waals surface area contributed by atoms with Crippen molar-refractivity contribution in [3.05, 3.63) is 59.5 Å². The number of aryl methyl sites for hydroxylation is 1. The molecule has 2 aliphatic heterocycles. The standard InChI is InChI=1S/C30H35FN4O4/c1-33-24-16-22(39-2)9-10-23(24)27-28(33)25(17-36)35(29(38)32-21-7-5-20(31)6-8-21)18-30(27)11-13-34(14-12-30)26(37)15-19-3-4-19/h5-10,16,19,25,36H,3-4,11-15,17-18H2,1-2H3,(H,32,38)/t25-/m0/s1. The van der Waals surface area contributed by atoms with Gasteiger partial charge in [-0.2, -0.15) is 0 Å². The minimum Gasteiger partial charge on any atom is -0.497 e. The van der Waals surface area contributed by atoms with Crippen molar-refractivity contribution < 1.29 is 23.8 Å². The Morgan fingerprint density at radius 1 is 1.13 bits per heavy atom. The van der Waals surface area contributed by atoms with Crippen molar-refractivity contribution in [2.45, 2.75) is 43.6 Å². The largest absolute Gasteiger partial charge is 0.497 e. The number of carbonyl (C=O) groups excluding carboxylic acids is 2. The third-order valence-electron chi connectivity index (χ3n) is 8.91. The first-order valence-corrected chi connectivity index (χ1v) is 13.7. The molecule has 0 unspecified atom stereocenters. The van der Waals surface area contributed by atoms with Crippen molar-refractivity contribution in [3.63, 3.8) is 0 Å². The van der Waals surface area contributed by atoms with E-state index in [9.17, 15) is 19.1 Å². The molecule has 3 heterocycles. The van der Waals surface area contributed by atoms with Crippen LogP contribution >= 0.6 is 0 Å². The van der Waals surface area contributed by atoms with Crippen LogP contribution in [0, 0.1) is 11.7 Å². The van der Waals surface area contributed by atoms with Gasteiger partial charge in [-0.15, -0.1) is 0 Å². The number of halogens is 1. The summed E-state index contributed by atoms with van der Waals surface area (Å²) in [6.45, 7) is 1.44. The zero-order chi connectivity index (χ0) is 27.3. The van der Waals surface area contributed by atoms with Crippen LogP contribution in [0.1, 0.15) is 49.4 Å². The van der Waals surface area contributed by atoms with Crippen LogP contribution in [0.3, 0.4) is 0 Å². The molecule has 1 aromatic heterocycles. The zero-order valence-corrected chi connectivity index (χ0v) is 22.5. The van der Waals surface area contributed by atoms with Crippen LogP contribution in [0.5, 0.6) is 5.75 Å². The number of nitrogens with zero attached hydrogens (tertiary/aromatic N) is 3. The summed E-state index contributed by atoms with van der Waals surface area (Å²) in [4.78, 5) is 30.3. The van der Waals surface area contributed by atoms with Gasteiger partial charge in [0.1, 0.15) is 11.6 Å². The highest BCUT2D eigenvalue weighted by molar-refractivity contribution is 5.92. The second-order valence-corrected chi connectivity index (χ2v) is 11.3. The highest BCUT2D eigenvalue weighted by atomic mass is 19.1. The zero-order valence-electron chi connectivity index (χ0n) is 22.5. The van der Waals surface area contributed by atoms with Crippen LogP contribution in [-0.2, 0) is 17.3 Å². The predicted molar refractivity (Wildman–Crippen MR) is 146 cm³/mol. The lowest BCUT2D eigenvalue weighted by atomic mass is 9.68. The van der Waals surface area contributed by atoms with Crippen LogP contribution in [0.4, 0.5) is 14.9 Å². The van der Waals surface area contributed by atoms with Gasteiger partial charge in [-0.05, 0) is 73.6 Å². The number of fused-ring (bicyclic) bond motifs is 4. The van der Waals surface area contributed by atoms with Gasteiger partial charge in [-0.1, -0.05) is 0 Å². The Morgan fingerprint density at radius 2 is 1.85 bits per heavy atom. The first-order valence-electron chi connectivity index (χ1n) is 13.7. The number of aliphatic hydroxyl groups excluding tert-OH is 1. The van der Waals surface area contributed by atoms with Crippen LogP contribution < -0.4 is 10.1 Å². The molecule has 9 heteroatoms. The Morgan fingerprint density at radius 3 is 2.49 bits per heavy atom. The number of anilines is 1. The monoisotopic (exact) mass is 534 g/mol. The van der Waals surface area contributed by atoms with E-state index < -0.39 is 6.04 Å². The van der Waals surface area contributed by atoms with Crippen LogP contribution in [0.2, 0.25) is 0 Å². The molecule has 8 nitrogen and oxygen atoms in total. The average molecular weight is 535 g/mol. The lowest BCUT2D eigenvalue weighted by molar-refractivity contribution is -0.133. The number of benzene rings is 2. The number of aliphatic hydroxyl groups is 1. The summed E-state index contributed by atoms with van der Waals surface area (Å²) in [5.74, 6) is 1.13. The second-order valence-electron chi connectivity index (χ2n) is 11.3. The Balaban J connectivity index is 1.40. The molecule has 39 heavy (non-hydrogen) atoms. The molecule has 2 fully saturated rings. The number of urea groups is 1. The van der Waals surface area contributed by atoms with Gasteiger partial charge >= 0.3 is 6.03 Å². The van der Waals surface area contributed by atoms with Crippen molar-refractivity contribution in [2.24, 2.45) is 13.0 Å². The molecular formula is C30H35FN4O4. The molecule has 3 aromatic rings. The average Bonchev–Trinajstić information content (AvgIpc) is 3.72. The lowest BCUT2D eigenvalue weighted by Crippen LogP contribution is -2.56. The van der Waals surface area contributed by atoms with E-state index in [-0.39, 0.29) is 29.8 Å². The maximum atomic E-state index is 13.7. The van der Waals surface area contributed by atoms with E-state index in [0.717, 1.165) is 53.6 Å². The highest BCUT2D eigenvalue weighted by Gasteiger charge is 2.50. The normalized spacial score (nSPS) is 20.3. The van der Waals surface area contributed by atoms with Gasteiger partial charge in [-0.3, -0.25) is 4.79 Å². The lowest BCUT2D eigenvalue weighted by Gasteiger charge is -2.50. The van der Waals surface area contributed by atoms with Crippen molar-refractivity contribution >= 4 is 28.5 Å². The maximum absolute atomic E-state index is 13.7. The number of aromatic nitrogens is 1. The quantitative estimate of drug-likeness (QED) is 0.502. The first-order chi connectivity index (χ1) is 18.8. The number of rotatable bonds is 5. The number of hydrogen-bond acceptors (Lipinski definition) is 4. The number of amides is 3. The molecule has 2 aromatic carbocycles. The van der Waals surface area contributed by atoms with Crippen molar-refractivity contribution in [3.8, 4) is 5.75 Å². The number of carbonyl (C=O) groups is 2. The third kappa shape index (κ3) is 4.52. The summed E-state index contributed by atoms with van der Waals surface area (Å²) in [7, 11) is 3.60. The number of hydrogen-bond donors (Lipinski definition) is 2. The summed E-state index contributed by atoms with van der Waals surface area (Å²) < 4.78 is 21.0. The van der Waals surface area contributed by atoms with Gasteiger partial charge < -0.3 is 29.5 Å². The van der Waals surface area contributed by atoms with Crippen LogP contribution in [0.25, 0.3) is 10.9 Å². The van der Waals surface area contributed by atoms with Gasteiger partial charge in [0, 0.05) is 61.4 Å². The molecule has 1 saturated carbocycles. The Kier molecular flexibility index (Phi) is 6.49. The second kappa shape index (κ2) is 9.86. The molecule has 0 radical (unpaired) electrons. The highest BCUT2D eigenvalue weighted by Crippen LogP contribution is 2.50. The fraction of sp³-hybridized carbons (Fsp3) is 0.467. The fourth-order valence-electron chi connectivity index (χ4n) is 6.59. The Bertz CT molecular complexity index is 1410. The van der Waals surface area contributed by atoms with E-state index in [2.05, 4.69) is 16.0 Å². The summed E-state index contributed by atoms with van der Waals surface area (Å²) >= 11 is 0. The van der Waals surface area contributed by atoms with E-state index in [0.29, 0.717) is 37.7 Å². The molecule has 2 N–H and O–H groups in total. The topological polar surface area (TPSA) is 87.0 Å². The fourth-order valence-corrected chi connectivity index (χ4v) is 6.59. The molecule has 6 rings (SSSR count). The van der Waals surface area contributed by atoms with E-state index in [1.165, 1.54) is 24.3 Å².